The number of carbonyl (C=O) groups excluding carboxylic acids is 1. The van der Waals surface area contributed by atoms with Gasteiger partial charge in [0.15, 0.2) is 6.54 Å². The highest BCUT2D eigenvalue weighted by Gasteiger charge is 2.32. The zero-order valence-electron chi connectivity index (χ0n) is 12.2. The summed E-state index contributed by atoms with van der Waals surface area (Å²) in [7, 11) is 0. The highest BCUT2D eigenvalue weighted by Crippen LogP contribution is 2.23. The molecule has 1 amide bonds. The van der Waals surface area contributed by atoms with Gasteiger partial charge < -0.3 is 10.2 Å². The largest absolute Gasteiger partial charge is 0.321 e. The van der Waals surface area contributed by atoms with Crippen molar-refractivity contribution in [3.63, 3.8) is 0 Å². The third kappa shape index (κ3) is 3.35. The monoisotopic (exact) mass is 312 g/mol. The number of nitrogens with one attached hydrogen (secondary N) is 2. The lowest BCUT2D eigenvalue weighted by atomic mass is 10.2. The number of hydrogen-bond acceptors (Lipinski definition) is 3. The number of carbonyl (C=O) groups is 1. The number of nitrogens with zero attached hydrogens (tertiary/aromatic N) is 1. The summed E-state index contributed by atoms with van der Waals surface area (Å²) in [5, 5.41) is 13.8. The van der Waals surface area contributed by atoms with Gasteiger partial charge in [0.25, 0.3) is 5.91 Å². The fraction of sp³-hybridized carbons (Fsp3) is 0.294. The Bertz CT molecular complexity index is 673. The van der Waals surface area contributed by atoms with Gasteiger partial charge in [0.2, 0.25) is 0 Å². The van der Waals surface area contributed by atoms with E-state index < -0.39 is 0 Å². The van der Waals surface area contributed by atoms with Crippen LogP contribution in [0.15, 0.2) is 41.8 Å². The van der Waals surface area contributed by atoms with Gasteiger partial charge in [-0.1, -0.05) is 6.07 Å². The van der Waals surface area contributed by atoms with Gasteiger partial charge in [-0.3, -0.25) is 4.79 Å². The summed E-state index contributed by atoms with van der Waals surface area (Å²) in [6.45, 7) is 1.53. The van der Waals surface area contributed by atoms with E-state index in [4.69, 9.17) is 5.26 Å². The van der Waals surface area contributed by atoms with Gasteiger partial charge in [0, 0.05) is 18.5 Å². The molecule has 1 saturated heterocycles. The molecule has 2 N–H and O–H groups in total. The molecule has 1 fully saturated rings. The van der Waals surface area contributed by atoms with E-state index in [2.05, 4.69) is 28.9 Å². The summed E-state index contributed by atoms with van der Waals surface area (Å²) in [4.78, 5) is 15.0. The van der Waals surface area contributed by atoms with Crippen LogP contribution < -0.4 is 10.2 Å². The maximum Gasteiger partial charge on any atom is 0.279 e. The Kier molecular flexibility index (Phi) is 4.52. The molecular formula is C17H18N3OS+. The Labute approximate surface area is 134 Å². The number of rotatable bonds is 4. The summed E-state index contributed by atoms with van der Waals surface area (Å²) in [5.74, 6) is 0.0307. The minimum Gasteiger partial charge on any atom is -0.321 e. The minimum atomic E-state index is 0.0307. The zero-order chi connectivity index (χ0) is 15.4. The molecule has 2 atom stereocenters. The fourth-order valence-electron chi connectivity index (χ4n) is 3.00. The SMILES string of the molecule is N#Cc1ccc(NC(=O)C[NH+]2CCC[C@@H]2c2cccs2)cc1. The predicted molar refractivity (Wildman–Crippen MR) is 86.8 cm³/mol. The van der Waals surface area contributed by atoms with Gasteiger partial charge in [0.05, 0.1) is 23.1 Å². The van der Waals surface area contributed by atoms with E-state index in [1.807, 2.05) is 0 Å². The number of amides is 1. The second-order valence-electron chi connectivity index (χ2n) is 5.53. The molecule has 1 aromatic carbocycles. The summed E-state index contributed by atoms with van der Waals surface area (Å²) < 4.78 is 0. The Balaban J connectivity index is 1.60. The molecule has 22 heavy (non-hydrogen) atoms. The van der Waals surface area contributed by atoms with Gasteiger partial charge in [-0.05, 0) is 35.7 Å². The van der Waals surface area contributed by atoms with Crippen molar-refractivity contribution in [3.8, 4) is 6.07 Å². The second-order valence-corrected chi connectivity index (χ2v) is 6.51. The summed E-state index contributed by atoms with van der Waals surface area (Å²) in [5.41, 5.74) is 1.34. The zero-order valence-corrected chi connectivity index (χ0v) is 13.0. The molecule has 0 radical (unpaired) electrons. The number of thiophene rings is 1. The number of anilines is 1. The first-order valence-electron chi connectivity index (χ1n) is 7.44. The average molecular weight is 312 g/mol. The molecule has 1 aliphatic rings. The number of hydrogen-bond donors (Lipinski definition) is 2. The van der Waals surface area contributed by atoms with Crippen molar-refractivity contribution in [1.29, 1.82) is 5.26 Å². The highest BCUT2D eigenvalue weighted by atomic mass is 32.1. The van der Waals surface area contributed by atoms with E-state index >= 15 is 0 Å². The van der Waals surface area contributed by atoms with Crippen molar-refractivity contribution >= 4 is 22.9 Å². The molecule has 5 heteroatoms. The van der Waals surface area contributed by atoms with E-state index in [1.54, 1.807) is 35.6 Å². The van der Waals surface area contributed by atoms with Crippen LogP contribution in [0.5, 0.6) is 0 Å². The quantitative estimate of drug-likeness (QED) is 0.907. The molecule has 112 valence electrons. The number of nitriles is 1. The smallest absolute Gasteiger partial charge is 0.279 e. The van der Waals surface area contributed by atoms with Gasteiger partial charge in [-0.15, -0.1) is 11.3 Å². The first-order chi connectivity index (χ1) is 10.8. The third-order valence-electron chi connectivity index (χ3n) is 4.06. The molecule has 3 rings (SSSR count). The van der Waals surface area contributed by atoms with Gasteiger partial charge in [0.1, 0.15) is 6.04 Å². The van der Waals surface area contributed by atoms with Gasteiger partial charge in [-0.25, -0.2) is 0 Å². The van der Waals surface area contributed by atoms with Crippen LogP contribution in [-0.2, 0) is 4.79 Å². The van der Waals surface area contributed by atoms with E-state index in [0.29, 0.717) is 18.2 Å². The van der Waals surface area contributed by atoms with E-state index in [9.17, 15) is 4.79 Å². The molecule has 0 saturated carbocycles. The van der Waals surface area contributed by atoms with Gasteiger partial charge >= 0.3 is 0 Å². The van der Waals surface area contributed by atoms with Crippen molar-refractivity contribution in [2.45, 2.75) is 18.9 Å². The van der Waals surface area contributed by atoms with Crippen LogP contribution in [0, 0.1) is 11.3 Å². The maximum atomic E-state index is 12.2. The molecule has 2 aromatic rings. The maximum absolute atomic E-state index is 12.2. The van der Waals surface area contributed by atoms with Crippen LogP contribution >= 0.6 is 11.3 Å². The Morgan fingerprint density at radius 3 is 2.86 bits per heavy atom. The number of benzene rings is 1. The summed E-state index contributed by atoms with van der Waals surface area (Å²) in [6.07, 6.45) is 2.32. The van der Waals surface area contributed by atoms with Crippen molar-refractivity contribution in [2.75, 3.05) is 18.4 Å². The van der Waals surface area contributed by atoms with Crippen molar-refractivity contribution in [3.05, 3.63) is 52.2 Å². The molecule has 0 spiro atoms. The lowest BCUT2D eigenvalue weighted by Gasteiger charge is -2.20. The van der Waals surface area contributed by atoms with E-state index in [-0.39, 0.29) is 5.91 Å². The average Bonchev–Trinajstić information content (AvgIpc) is 3.18. The number of quaternary nitrogens is 1. The fourth-order valence-corrected chi connectivity index (χ4v) is 3.92. The van der Waals surface area contributed by atoms with E-state index in [0.717, 1.165) is 18.7 Å². The van der Waals surface area contributed by atoms with Crippen LogP contribution in [0.25, 0.3) is 0 Å². The highest BCUT2D eigenvalue weighted by molar-refractivity contribution is 7.10. The third-order valence-corrected chi connectivity index (χ3v) is 5.04. The van der Waals surface area contributed by atoms with Crippen LogP contribution in [-0.4, -0.2) is 19.0 Å². The number of likely N-dealkylation sites (tertiary alicyclic amines) is 1. The first-order valence-corrected chi connectivity index (χ1v) is 8.32. The molecule has 1 aliphatic heterocycles. The standard InChI is InChI=1S/C17H17N3OS/c18-11-13-5-7-14(8-6-13)19-17(21)12-20-9-1-3-15(20)16-4-2-10-22-16/h2,4-8,10,15H,1,3,9,12H2,(H,19,21)/p+1/t15-/m1/s1. The topological polar surface area (TPSA) is 57.3 Å². The van der Waals surface area contributed by atoms with E-state index in [1.165, 1.54) is 16.2 Å². The Morgan fingerprint density at radius 1 is 1.36 bits per heavy atom. The lowest BCUT2D eigenvalue weighted by molar-refractivity contribution is -0.910. The molecular weight excluding hydrogens is 294 g/mol. The molecule has 0 aliphatic carbocycles. The van der Waals surface area contributed by atoms with Crippen molar-refractivity contribution in [1.82, 2.24) is 0 Å². The van der Waals surface area contributed by atoms with Crippen LogP contribution in [0.1, 0.15) is 29.3 Å². The summed E-state index contributed by atoms with van der Waals surface area (Å²) >= 11 is 1.78. The molecule has 2 heterocycles. The van der Waals surface area contributed by atoms with Crippen LogP contribution in [0.4, 0.5) is 5.69 Å². The van der Waals surface area contributed by atoms with Crippen LogP contribution in [0.2, 0.25) is 0 Å². The van der Waals surface area contributed by atoms with Crippen molar-refractivity contribution < 1.29 is 9.69 Å². The van der Waals surface area contributed by atoms with Crippen LogP contribution in [0.3, 0.4) is 0 Å². The normalized spacial score (nSPS) is 20.5. The molecule has 1 aromatic heterocycles. The Morgan fingerprint density at radius 2 is 2.18 bits per heavy atom. The molecule has 4 nitrogen and oxygen atoms in total. The molecule has 0 bridgehead atoms. The minimum absolute atomic E-state index is 0.0307. The first kappa shape index (κ1) is 14.8. The van der Waals surface area contributed by atoms with Gasteiger partial charge in [-0.2, -0.15) is 5.26 Å². The van der Waals surface area contributed by atoms with Crippen molar-refractivity contribution in [2.24, 2.45) is 0 Å². The second kappa shape index (κ2) is 6.73. The lowest BCUT2D eigenvalue weighted by Crippen LogP contribution is -3.11. The molecule has 1 unspecified atom stereocenters. The predicted octanol–water partition coefficient (Wildman–Crippen LogP) is 1.98. The Hall–Kier alpha value is -2.16. The summed E-state index contributed by atoms with van der Waals surface area (Å²) in [6, 6.07) is 13.7.